The lowest BCUT2D eigenvalue weighted by atomic mass is 10.0. The van der Waals surface area contributed by atoms with E-state index in [-0.39, 0.29) is 0 Å². The van der Waals surface area contributed by atoms with Crippen molar-refractivity contribution in [3.05, 3.63) is 60.7 Å². The number of rotatable bonds is 7. The fourth-order valence-electron chi connectivity index (χ4n) is 1.78. The zero-order valence-corrected chi connectivity index (χ0v) is 10.1. The minimum Gasteiger partial charge on any atom is -0.292 e. The Morgan fingerprint density at radius 2 is 1.71 bits per heavy atom. The minimum absolute atomic E-state index is 0.464. The van der Waals surface area contributed by atoms with Crippen LogP contribution in [0.25, 0.3) is 0 Å². The van der Waals surface area contributed by atoms with Gasteiger partial charge in [-0.25, -0.2) is 0 Å². The van der Waals surface area contributed by atoms with Crippen LogP contribution >= 0.6 is 0 Å². The molecule has 0 aliphatic rings. The SMILES string of the molecule is C=CCN(CC=C)Cc1ccccc1CC#N. The van der Waals surface area contributed by atoms with Gasteiger partial charge in [-0.1, -0.05) is 36.4 Å². The molecule has 1 aromatic carbocycles. The second-order valence-corrected chi connectivity index (χ2v) is 3.88. The lowest BCUT2D eigenvalue weighted by Crippen LogP contribution is -2.23. The van der Waals surface area contributed by atoms with Gasteiger partial charge in [-0.05, 0) is 11.1 Å². The quantitative estimate of drug-likeness (QED) is 0.668. The highest BCUT2D eigenvalue weighted by atomic mass is 15.1. The molecule has 1 aromatic rings. The molecule has 17 heavy (non-hydrogen) atoms. The maximum absolute atomic E-state index is 8.79. The molecule has 0 amide bonds. The highest BCUT2D eigenvalue weighted by Crippen LogP contribution is 2.12. The van der Waals surface area contributed by atoms with Crippen LogP contribution in [0.15, 0.2) is 49.6 Å². The van der Waals surface area contributed by atoms with E-state index in [2.05, 4.69) is 30.2 Å². The zero-order chi connectivity index (χ0) is 12.5. The van der Waals surface area contributed by atoms with Crippen molar-refractivity contribution in [3.63, 3.8) is 0 Å². The standard InChI is InChI=1S/C15H18N2/c1-3-11-17(12-4-2)13-15-8-6-5-7-14(15)9-10-16/h3-8H,1-2,9,11-13H2. The molecule has 0 N–H and O–H groups in total. The molecule has 0 aliphatic carbocycles. The number of benzene rings is 1. The van der Waals surface area contributed by atoms with Crippen LogP contribution in [0.3, 0.4) is 0 Å². The van der Waals surface area contributed by atoms with Gasteiger partial charge in [-0.3, -0.25) is 4.90 Å². The van der Waals surface area contributed by atoms with Crippen LogP contribution < -0.4 is 0 Å². The first kappa shape index (κ1) is 13.2. The van der Waals surface area contributed by atoms with Crippen molar-refractivity contribution in [2.24, 2.45) is 0 Å². The van der Waals surface area contributed by atoms with Crippen molar-refractivity contribution in [2.75, 3.05) is 13.1 Å². The van der Waals surface area contributed by atoms with Gasteiger partial charge in [0.15, 0.2) is 0 Å². The van der Waals surface area contributed by atoms with E-state index in [0.717, 1.165) is 25.2 Å². The lowest BCUT2D eigenvalue weighted by Gasteiger charge is -2.20. The smallest absolute Gasteiger partial charge is 0.0669 e. The van der Waals surface area contributed by atoms with Crippen LogP contribution in [0.4, 0.5) is 0 Å². The summed E-state index contributed by atoms with van der Waals surface area (Å²) in [7, 11) is 0. The maximum atomic E-state index is 8.79. The van der Waals surface area contributed by atoms with Gasteiger partial charge in [0.05, 0.1) is 12.5 Å². The topological polar surface area (TPSA) is 27.0 Å². The van der Waals surface area contributed by atoms with Crippen molar-refractivity contribution in [1.82, 2.24) is 4.90 Å². The summed E-state index contributed by atoms with van der Waals surface area (Å²) in [5.74, 6) is 0. The van der Waals surface area contributed by atoms with Crippen molar-refractivity contribution < 1.29 is 0 Å². The Bertz CT molecular complexity index is 405. The predicted octanol–water partition coefficient (Wildman–Crippen LogP) is 2.93. The van der Waals surface area contributed by atoms with Gasteiger partial charge in [0, 0.05) is 19.6 Å². The molecular formula is C15H18N2. The lowest BCUT2D eigenvalue weighted by molar-refractivity contribution is 0.327. The molecule has 0 unspecified atom stereocenters. The van der Waals surface area contributed by atoms with Gasteiger partial charge in [-0.15, -0.1) is 13.2 Å². The highest BCUT2D eigenvalue weighted by Gasteiger charge is 2.06. The van der Waals surface area contributed by atoms with Crippen LogP contribution in [0.5, 0.6) is 0 Å². The summed E-state index contributed by atoms with van der Waals surface area (Å²) in [6, 6.07) is 10.3. The van der Waals surface area contributed by atoms with Crippen molar-refractivity contribution in [3.8, 4) is 6.07 Å². The van der Waals surface area contributed by atoms with E-state index >= 15 is 0 Å². The molecule has 0 heterocycles. The fraction of sp³-hybridized carbons (Fsp3) is 0.267. The molecule has 0 atom stereocenters. The molecule has 0 bridgehead atoms. The predicted molar refractivity (Wildman–Crippen MR) is 71.4 cm³/mol. The van der Waals surface area contributed by atoms with Gasteiger partial charge >= 0.3 is 0 Å². The van der Waals surface area contributed by atoms with E-state index in [0.29, 0.717) is 6.42 Å². The van der Waals surface area contributed by atoms with E-state index in [9.17, 15) is 0 Å². The molecule has 2 heteroatoms. The minimum atomic E-state index is 0.464. The first-order chi connectivity index (χ1) is 8.31. The van der Waals surface area contributed by atoms with E-state index in [1.165, 1.54) is 5.56 Å². The summed E-state index contributed by atoms with van der Waals surface area (Å²) < 4.78 is 0. The highest BCUT2D eigenvalue weighted by molar-refractivity contribution is 5.29. The number of nitrogens with zero attached hydrogens (tertiary/aromatic N) is 2. The third-order valence-electron chi connectivity index (χ3n) is 2.56. The molecule has 0 saturated carbocycles. The molecule has 0 spiro atoms. The Morgan fingerprint density at radius 3 is 2.24 bits per heavy atom. The van der Waals surface area contributed by atoms with E-state index in [4.69, 9.17) is 5.26 Å². The van der Waals surface area contributed by atoms with Gasteiger partial charge in [0.1, 0.15) is 0 Å². The fourth-order valence-corrected chi connectivity index (χ4v) is 1.78. The van der Waals surface area contributed by atoms with Gasteiger partial charge < -0.3 is 0 Å². The summed E-state index contributed by atoms with van der Waals surface area (Å²) >= 11 is 0. The Hall–Kier alpha value is -1.85. The van der Waals surface area contributed by atoms with Crippen LogP contribution in [0, 0.1) is 11.3 Å². The second-order valence-electron chi connectivity index (χ2n) is 3.88. The molecule has 88 valence electrons. The molecular weight excluding hydrogens is 208 g/mol. The van der Waals surface area contributed by atoms with E-state index < -0.39 is 0 Å². The summed E-state index contributed by atoms with van der Waals surface area (Å²) in [6.45, 7) is 9.99. The molecule has 0 radical (unpaired) electrons. The molecule has 0 saturated heterocycles. The normalized spacial score (nSPS) is 9.88. The summed E-state index contributed by atoms with van der Waals surface area (Å²) in [5, 5.41) is 8.79. The largest absolute Gasteiger partial charge is 0.292 e. The zero-order valence-electron chi connectivity index (χ0n) is 10.1. The van der Waals surface area contributed by atoms with Gasteiger partial charge in [-0.2, -0.15) is 5.26 Å². The van der Waals surface area contributed by atoms with Crippen LogP contribution in [0.1, 0.15) is 11.1 Å². The summed E-state index contributed by atoms with van der Waals surface area (Å²) in [6.07, 6.45) is 4.24. The molecule has 0 aromatic heterocycles. The second kappa shape index (κ2) is 7.43. The van der Waals surface area contributed by atoms with Crippen molar-refractivity contribution >= 4 is 0 Å². The van der Waals surface area contributed by atoms with Crippen LogP contribution in [-0.4, -0.2) is 18.0 Å². The molecule has 1 rings (SSSR count). The Morgan fingerprint density at radius 1 is 1.12 bits per heavy atom. The first-order valence-corrected chi connectivity index (χ1v) is 5.69. The van der Waals surface area contributed by atoms with Gasteiger partial charge in [0.2, 0.25) is 0 Å². The Kier molecular flexibility index (Phi) is 5.77. The maximum Gasteiger partial charge on any atom is 0.0669 e. The third-order valence-corrected chi connectivity index (χ3v) is 2.56. The molecule has 0 aliphatic heterocycles. The van der Waals surface area contributed by atoms with Crippen molar-refractivity contribution in [2.45, 2.75) is 13.0 Å². The van der Waals surface area contributed by atoms with Crippen LogP contribution in [-0.2, 0) is 13.0 Å². The third kappa shape index (κ3) is 4.26. The number of hydrogen-bond donors (Lipinski definition) is 0. The first-order valence-electron chi connectivity index (χ1n) is 5.69. The summed E-state index contributed by atoms with van der Waals surface area (Å²) in [5.41, 5.74) is 2.31. The number of nitriles is 1. The number of hydrogen-bond acceptors (Lipinski definition) is 2. The van der Waals surface area contributed by atoms with Crippen LogP contribution in [0.2, 0.25) is 0 Å². The molecule has 0 fully saturated rings. The Balaban J connectivity index is 2.80. The average molecular weight is 226 g/mol. The van der Waals surface area contributed by atoms with Gasteiger partial charge in [0.25, 0.3) is 0 Å². The van der Waals surface area contributed by atoms with Crippen molar-refractivity contribution in [1.29, 1.82) is 5.26 Å². The molecule has 2 nitrogen and oxygen atoms in total. The van der Waals surface area contributed by atoms with E-state index in [1.807, 2.05) is 30.4 Å². The Labute approximate surface area is 103 Å². The summed E-state index contributed by atoms with van der Waals surface area (Å²) in [4.78, 5) is 2.23. The monoisotopic (exact) mass is 226 g/mol. The average Bonchev–Trinajstić information content (AvgIpc) is 2.33. The van der Waals surface area contributed by atoms with E-state index in [1.54, 1.807) is 0 Å².